The average Bonchev–Trinajstić information content (AvgIpc) is 3.00. The number of anilines is 1. The van der Waals surface area contributed by atoms with Crippen molar-refractivity contribution in [2.45, 2.75) is 56.1 Å². The van der Waals surface area contributed by atoms with Crippen LogP contribution in [0.4, 0.5) is 5.69 Å². The minimum Gasteiger partial charge on any atom is -0.369 e. The fourth-order valence-corrected chi connectivity index (χ4v) is 7.73. The summed E-state index contributed by atoms with van der Waals surface area (Å²) in [5.74, 6) is 2.99. The number of likely N-dealkylation sites (N-methyl/N-ethyl adjacent to an activating group) is 1. The highest BCUT2D eigenvalue weighted by Gasteiger charge is 2.70. The van der Waals surface area contributed by atoms with Crippen molar-refractivity contribution >= 4 is 5.69 Å². The molecule has 8 unspecified atom stereocenters. The molecule has 0 N–H and O–H groups in total. The third-order valence-electron chi connectivity index (χ3n) is 8.33. The van der Waals surface area contributed by atoms with Gasteiger partial charge in [-0.1, -0.05) is 31.5 Å². The molecule has 0 amide bonds. The molecule has 1 spiro atoms. The zero-order valence-corrected chi connectivity index (χ0v) is 13.7. The third-order valence-corrected chi connectivity index (χ3v) is 8.33. The number of hydrogen-bond donors (Lipinski definition) is 0. The molecule has 2 nitrogen and oxygen atoms in total. The molecule has 6 aliphatic rings. The van der Waals surface area contributed by atoms with Crippen molar-refractivity contribution in [3.8, 4) is 0 Å². The van der Waals surface area contributed by atoms with Gasteiger partial charge < -0.3 is 4.90 Å². The molecule has 1 saturated carbocycles. The number of fused-ring (bicyclic) bond motifs is 2. The molecule has 7 rings (SSSR count). The quantitative estimate of drug-likeness (QED) is 0.784. The summed E-state index contributed by atoms with van der Waals surface area (Å²) in [4.78, 5) is 5.64. The van der Waals surface area contributed by atoms with Gasteiger partial charge in [0.15, 0.2) is 0 Å². The molecule has 22 heavy (non-hydrogen) atoms. The van der Waals surface area contributed by atoms with E-state index in [4.69, 9.17) is 0 Å². The van der Waals surface area contributed by atoms with Crippen LogP contribution in [0.2, 0.25) is 0 Å². The maximum atomic E-state index is 2.97. The molecule has 5 aliphatic heterocycles. The molecule has 4 saturated heterocycles. The van der Waals surface area contributed by atoms with Gasteiger partial charge in [0.2, 0.25) is 0 Å². The lowest BCUT2D eigenvalue weighted by atomic mass is 9.63. The van der Waals surface area contributed by atoms with Crippen LogP contribution in [-0.4, -0.2) is 36.6 Å². The monoisotopic (exact) mass is 294 g/mol. The molecule has 1 aromatic carbocycles. The normalized spacial score (nSPS) is 53.0. The van der Waals surface area contributed by atoms with Gasteiger partial charge in [0.1, 0.15) is 0 Å². The van der Waals surface area contributed by atoms with Crippen LogP contribution in [0.5, 0.6) is 0 Å². The van der Waals surface area contributed by atoms with E-state index in [1.807, 2.05) is 0 Å². The van der Waals surface area contributed by atoms with E-state index in [1.54, 1.807) is 5.56 Å². The Bertz CT molecular complexity index is 655. The van der Waals surface area contributed by atoms with Crippen molar-refractivity contribution in [1.29, 1.82) is 0 Å². The Morgan fingerprint density at radius 3 is 2.86 bits per heavy atom. The van der Waals surface area contributed by atoms with E-state index in [0.717, 1.165) is 35.9 Å². The summed E-state index contributed by atoms with van der Waals surface area (Å²) in [7, 11) is 2.37. The van der Waals surface area contributed by atoms with E-state index >= 15 is 0 Å². The summed E-state index contributed by atoms with van der Waals surface area (Å²) >= 11 is 0. The van der Waals surface area contributed by atoms with Gasteiger partial charge in [-0.2, -0.15) is 0 Å². The number of para-hydroxylation sites is 1. The molecule has 1 aliphatic carbocycles. The Balaban J connectivity index is 1.55. The second-order valence-corrected chi connectivity index (χ2v) is 8.70. The summed E-state index contributed by atoms with van der Waals surface area (Å²) in [5.41, 5.74) is 3.71. The lowest BCUT2D eigenvalue weighted by Gasteiger charge is -2.60. The molecule has 5 heterocycles. The Labute approximate surface area is 133 Å². The number of nitrogens with zero attached hydrogens (tertiary/aromatic N) is 2. The first-order valence-corrected chi connectivity index (χ1v) is 9.32. The minimum absolute atomic E-state index is 0.485. The van der Waals surface area contributed by atoms with Gasteiger partial charge in [-0.05, 0) is 48.6 Å². The molecule has 5 fully saturated rings. The number of rotatable bonds is 1. The highest BCUT2D eigenvalue weighted by Crippen LogP contribution is 2.68. The van der Waals surface area contributed by atoms with Gasteiger partial charge in [-0.15, -0.1) is 0 Å². The largest absolute Gasteiger partial charge is 0.369 e. The first-order chi connectivity index (χ1) is 10.7. The average molecular weight is 294 g/mol. The van der Waals surface area contributed by atoms with Gasteiger partial charge in [0.05, 0.1) is 6.04 Å². The van der Waals surface area contributed by atoms with Crippen LogP contribution in [0, 0.1) is 17.8 Å². The molecule has 5 bridgehead atoms. The minimum atomic E-state index is 0.485. The van der Waals surface area contributed by atoms with E-state index in [9.17, 15) is 0 Å². The highest BCUT2D eigenvalue weighted by atomic mass is 15.3. The molecular weight excluding hydrogens is 268 g/mol. The molecule has 116 valence electrons. The van der Waals surface area contributed by atoms with Gasteiger partial charge in [-0.3, -0.25) is 4.90 Å². The van der Waals surface area contributed by atoms with Crippen LogP contribution in [0.15, 0.2) is 24.3 Å². The van der Waals surface area contributed by atoms with Gasteiger partial charge in [-0.25, -0.2) is 0 Å². The van der Waals surface area contributed by atoms with Crippen molar-refractivity contribution < 1.29 is 0 Å². The van der Waals surface area contributed by atoms with Crippen LogP contribution in [-0.2, 0) is 5.41 Å². The number of hydrogen-bond acceptors (Lipinski definition) is 2. The Kier molecular flexibility index (Phi) is 2.10. The summed E-state index contributed by atoms with van der Waals surface area (Å²) < 4.78 is 0. The maximum absolute atomic E-state index is 2.97. The van der Waals surface area contributed by atoms with Crippen molar-refractivity contribution in [2.24, 2.45) is 17.8 Å². The number of benzene rings is 1. The van der Waals surface area contributed by atoms with Crippen LogP contribution in [0.25, 0.3) is 0 Å². The third kappa shape index (κ3) is 1.12. The zero-order chi connectivity index (χ0) is 14.6. The van der Waals surface area contributed by atoms with Crippen LogP contribution in [0.1, 0.15) is 38.2 Å². The Morgan fingerprint density at radius 2 is 2.00 bits per heavy atom. The first-order valence-electron chi connectivity index (χ1n) is 9.32. The summed E-state index contributed by atoms with van der Waals surface area (Å²) in [6.07, 6.45) is 5.77. The first kappa shape index (κ1) is 12.4. The predicted octanol–water partition coefficient (Wildman–Crippen LogP) is 3.27. The van der Waals surface area contributed by atoms with Crippen LogP contribution in [0.3, 0.4) is 0 Å². The Morgan fingerprint density at radius 1 is 1.14 bits per heavy atom. The lowest BCUT2D eigenvalue weighted by molar-refractivity contribution is -0.0922. The molecule has 0 aromatic heterocycles. The molecule has 2 heteroatoms. The topological polar surface area (TPSA) is 6.48 Å². The fraction of sp³-hybridized carbons (Fsp3) is 0.700. The second-order valence-electron chi connectivity index (χ2n) is 8.70. The standard InChI is InChI=1S/C20H26N2/c1-3-12-11-22-17-8-13(12)14-9-20(10-18(14)22)15-6-4-5-7-16(15)21(2)19(17)20/h4-7,12-14,17-19H,3,8-11H2,1-2H3. The second kappa shape index (κ2) is 3.72. The molecule has 8 atom stereocenters. The van der Waals surface area contributed by atoms with E-state index in [-0.39, 0.29) is 0 Å². The summed E-state index contributed by atoms with van der Waals surface area (Å²) in [6.45, 7) is 3.81. The fourth-order valence-electron chi connectivity index (χ4n) is 7.73. The molecule has 0 radical (unpaired) electrons. The van der Waals surface area contributed by atoms with Crippen LogP contribution >= 0.6 is 0 Å². The van der Waals surface area contributed by atoms with Crippen molar-refractivity contribution in [3.05, 3.63) is 29.8 Å². The number of piperidine rings is 4. The zero-order valence-electron chi connectivity index (χ0n) is 13.7. The van der Waals surface area contributed by atoms with Crippen LogP contribution < -0.4 is 4.90 Å². The Hall–Kier alpha value is -1.02. The van der Waals surface area contributed by atoms with Gasteiger partial charge >= 0.3 is 0 Å². The van der Waals surface area contributed by atoms with E-state index in [1.165, 1.54) is 37.9 Å². The van der Waals surface area contributed by atoms with Crippen molar-refractivity contribution in [3.63, 3.8) is 0 Å². The summed E-state index contributed by atoms with van der Waals surface area (Å²) in [5, 5.41) is 0. The predicted molar refractivity (Wildman–Crippen MR) is 89.2 cm³/mol. The smallest absolute Gasteiger partial charge is 0.0540 e. The molecular formula is C20H26N2. The SMILES string of the molecule is CCC1CN2C3CC45CC3C1CC2C4N(C)c1ccccc15. The van der Waals surface area contributed by atoms with E-state index < -0.39 is 0 Å². The van der Waals surface area contributed by atoms with Crippen molar-refractivity contribution in [2.75, 3.05) is 18.5 Å². The molecule has 1 aromatic rings. The van der Waals surface area contributed by atoms with E-state index in [0.29, 0.717) is 5.41 Å². The maximum Gasteiger partial charge on any atom is 0.0540 e. The van der Waals surface area contributed by atoms with Gasteiger partial charge in [0, 0.05) is 36.8 Å². The van der Waals surface area contributed by atoms with E-state index in [2.05, 4.69) is 48.0 Å². The summed E-state index contributed by atoms with van der Waals surface area (Å²) in [6, 6.07) is 11.8. The van der Waals surface area contributed by atoms with Crippen molar-refractivity contribution in [1.82, 2.24) is 4.90 Å². The highest BCUT2D eigenvalue weighted by molar-refractivity contribution is 5.66. The van der Waals surface area contributed by atoms with Gasteiger partial charge in [0.25, 0.3) is 0 Å². The lowest BCUT2D eigenvalue weighted by Crippen LogP contribution is -2.69.